The third-order valence-corrected chi connectivity index (χ3v) is 4.78. The maximum atomic E-state index is 13.1. The van der Waals surface area contributed by atoms with Crippen molar-refractivity contribution < 1.29 is 14.3 Å². The van der Waals surface area contributed by atoms with E-state index in [1.807, 2.05) is 43.0 Å². The van der Waals surface area contributed by atoms with Gasteiger partial charge in [-0.3, -0.25) is 9.78 Å². The lowest BCUT2D eigenvalue weighted by Crippen LogP contribution is -2.38. The molecule has 0 radical (unpaired) electrons. The maximum absolute atomic E-state index is 13.1. The molecule has 1 aromatic heterocycles. The van der Waals surface area contributed by atoms with Crippen molar-refractivity contribution in [2.24, 2.45) is 5.92 Å². The fraction of sp³-hybridized carbons (Fsp3) is 0.400. The summed E-state index contributed by atoms with van der Waals surface area (Å²) in [7, 11) is 0. The Hall–Kier alpha value is -2.56. The first-order valence-corrected chi connectivity index (χ1v) is 8.78. The minimum Gasteiger partial charge on any atom is -0.486 e. The van der Waals surface area contributed by atoms with E-state index < -0.39 is 0 Å². The number of rotatable bonds is 4. The van der Waals surface area contributed by atoms with E-state index in [0.29, 0.717) is 13.2 Å². The number of anilines is 1. The van der Waals surface area contributed by atoms with Gasteiger partial charge in [-0.05, 0) is 56.0 Å². The number of nitrogens with zero attached hydrogens (tertiary/aromatic N) is 2. The van der Waals surface area contributed by atoms with Gasteiger partial charge in [0, 0.05) is 18.2 Å². The Bertz CT molecular complexity index is 776. The van der Waals surface area contributed by atoms with E-state index in [9.17, 15) is 4.79 Å². The van der Waals surface area contributed by atoms with Gasteiger partial charge >= 0.3 is 0 Å². The van der Waals surface area contributed by atoms with Gasteiger partial charge in [0.15, 0.2) is 11.5 Å². The van der Waals surface area contributed by atoms with Crippen molar-refractivity contribution in [1.29, 1.82) is 0 Å². The predicted molar refractivity (Wildman–Crippen MR) is 95.1 cm³/mol. The molecule has 1 amide bonds. The molecule has 5 nitrogen and oxygen atoms in total. The highest BCUT2D eigenvalue weighted by atomic mass is 16.6. The van der Waals surface area contributed by atoms with Crippen LogP contribution in [0.25, 0.3) is 0 Å². The van der Waals surface area contributed by atoms with Gasteiger partial charge in [-0.1, -0.05) is 6.07 Å². The number of hydrogen-bond acceptors (Lipinski definition) is 4. The zero-order valence-corrected chi connectivity index (χ0v) is 14.5. The van der Waals surface area contributed by atoms with Crippen molar-refractivity contribution in [2.75, 3.05) is 18.1 Å². The second kappa shape index (κ2) is 6.39. The summed E-state index contributed by atoms with van der Waals surface area (Å²) in [5.41, 5.74) is 2.01. The lowest BCUT2D eigenvalue weighted by Gasteiger charge is -2.27. The Labute approximate surface area is 147 Å². The van der Waals surface area contributed by atoms with E-state index in [4.69, 9.17) is 9.47 Å². The van der Waals surface area contributed by atoms with Gasteiger partial charge in [0.25, 0.3) is 0 Å². The average Bonchev–Trinajstić information content (AvgIpc) is 3.43. The number of pyridine rings is 1. The second-order valence-electron chi connectivity index (χ2n) is 6.86. The van der Waals surface area contributed by atoms with Gasteiger partial charge in [0.2, 0.25) is 5.91 Å². The number of fused-ring (bicyclic) bond motifs is 1. The van der Waals surface area contributed by atoms with Crippen LogP contribution in [0.5, 0.6) is 11.5 Å². The molecule has 2 aliphatic rings. The SMILES string of the molecule is CC(C)N(C(=O)[C@@H]1C[C@H]1c1ccc2c(c1)OCCO2)c1cccnc1. The van der Waals surface area contributed by atoms with Crippen molar-refractivity contribution >= 4 is 11.6 Å². The van der Waals surface area contributed by atoms with E-state index >= 15 is 0 Å². The molecule has 4 rings (SSSR count). The van der Waals surface area contributed by atoms with Crippen LogP contribution >= 0.6 is 0 Å². The summed E-state index contributed by atoms with van der Waals surface area (Å²) in [6.07, 6.45) is 4.35. The standard InChI is InChI=1S/C20H22N2O3/c1-13(2)22(15-4-3-7-21-12-15)20(23)17-11-16(17)14-5-6-18-19(10-14)25-9-8-24-18/h3-7,10,12-13,16-17H,8-9,11H2,1-2H3/t16-,17+/m0/s1. The third-order valence-electron chi connectivity index (χ3n) is 4.78. The molecule has 0 bridgehead atoms. The average molecular weight is 338 g/mol. The van der Waals surface area contributed by atoms with Crippen molar-refractivity contribution in [3.05, 3.63) is 48.3 Å². The maximum Gasteiger partial charge on any atom is 0.231 e. The van der Waals surface area contributed by atoms with E-state index in [2.05, 4.69) is 11.1 Å². The molecule has 5 heteroatoms. The molecule has 0 unspecified atom stereocenters. The summed E-state index contributed by atoms with van der Waals surface area (Å²) < 4.78 is 11.2. The van der Waals surface area contributed by atoms with E-state index in [1.165, 1.54) is 0 Å². The fourth-order valence-electron chi connectivity index (χ4n) is 3.48. The quantitative estimate of drug-likeness (QED) is 0.857. The first-order chi connectivity index (χ1) is 12.1. The Kier molecular flexibility index (Phi) is 4.07. The Morgan fingerprint density at radius 3 is 2.72 bits per heavy atom. The number of hydrogen-bond donors (Lipinski definition) is 0. The van der Waals surface area contributed by atoms with Crippen LogP contribution in [0.3, 0.4) is 0 Å². The van der Waals surface area contributed by atoms with Crippen LogP contribution in [0.1, 0.15) is 31.7 Å². The summed E-state index contributed by atoms with van der Waals surface area (Å²) in [6, 6.07) is 9.92. The van der Waals surface area contributed by atoms with Crippen LogP contribution in [0, 0.1) is 5.92 Å². The van der Waals surface area contributed by atoms with Crippen LogP contribution in [0.4, 0.5) is 5.69 Å². The molecule has 2 heterocycles. The largest absolute Gasteiger partial charge is 0.486 e. The molecule has 1 aliphatic heterocycles. The normalized spacial score (nSPS) is 21.1. The minimum absolute atomic E-state index is 0.0187. The summed E-state index contributed by atoms with van der Waals surface area (Å²) in [5, 5.41) is 0. The highest BCUT2D eigenvalue weighted by Crippen LogP contribution is 2.50. The van der Waals surface area contributed by atoms with E-state index in [1.54, 1.807) is 12.4 Å². The molecule has 0 saturated heterocycles. The predicted octanol–water partition coefficient (Wildman–Crippen LogP) is 3.40. The molecule has 130 valence electrons. The van der Waals surface area contributed by atoms with Gasteiger partial charge in [0.05, 0.1) is 11.9 Å². The van der Waals surface area contributed by atoms with Gasteiger partial charge in [-0.25, -0.2) is 0 Å². The molecular weight excluding hydrogens is 316 g/mol. The highest BCUT2D eigenvalue weighted by molar-refractivity contribution is 5.97. The molecule has 1 aromatic carbocycles. The smallest absolute Gasteiger partial charge is 0.231 e. The van der Waals surface area contributed by atoms with Crippen LogP contribution in [-0.4, -0.2) is 30.1 Å². The Morgan fingerprint density at radius 2 is 2.00 bits per heavy atom. The highest BCUT2D eigenvalue weighted by Gasteiger charge is 2.46. The first kappa shape index (κ1) is 15.9. The third kappa shape index (κ3) is 3.06. The molecule has 2 atom stereocenters. The summed E-state index contributed by atoms with van der Waals surface area (Å²) in [5.74, 6) is 2.02. The van der Waals surface area contributed by atoms with E-state index in [-0.39, 0.29) is 23.8 Å². The molecule has 2 aromatic rings. The van der Waals surface area contributed by atoms with Crippen molar-refractivity contribution in [1.82, 2.24) is 4.98 Å². The monoisotopic (exact) mass is 338 g/mol. The fourth-order valence-corrected chi connectivity index (χ4v) is 3.48. The van der Waals surface area contributed by atoms with Gasteiger partial charge < -0.3 is 14.4 Å². The molecule has 0 spiro atoms. The van der Waals surface area contributed by atoms with Crippen LogP contribution in [0.15, 0.2) is 42.7 Å². The second-order valence-corrected chi connectivity index (χ2v) is 6.86. The summed E-state index contributed by atoms with van der Waals surface area (Å²) >= 11 is 0. The van der Waals surface area contributed by atoms with Crippen LogP contribution in [0.2, 0.25) is 0 Å². The molecule has 0 N–H and O–H groups in total. The molecular formula is C20H22N2O3. The zero-order chi connectivity index (χ0) is 17.4. The van der Waals surface area contributed by atoms with Crippen LogP contribution in [-0.2, 0) is 4.79 Å². The van der Waals surface area contributed by atoms with Crippen molar-refractivity contribution in [2.45, 2.75) is 32.2 Å². The number of ether oxygens (including phenoxy) is 2. The summed E-state index contributed by atoms with van der Waals surface area (Å²) in [4.78, 5) is 19.1. The minimum atomic E-state index is 0.0187. The number of amides is 1. The van der Waals surface area contributed by atoms with Crippen LogP contribution < -0.4 is 14.4 Å². The number of carbonyl (C=O) groups excluding carboxylic acids is 1. The van der Waals surface area contributed by atoms with Gasteiger partial charge in [0.1, 0.15) is 13.2 Å². The number of aromatic nitrogens is 1. The first-order valence-electron chi connectivity index (χ1n) is 8.78. The zero-order valence-electron chi connectivity index (χ0n) is 14.5. The Morgan fingerprint density at radius 1 is 1.20 bits per heavy atom. The Balaban J connectivity index is 1.53. The molecule has 25 heavy (non-hydrogen) atoms. The van der Waals surface area contributed by atoms with Gasteiger partial charge in [-0.15, -0.1) is 0 Å². The summed E-state index contributed by atoms with van der Waals surface area (Å²) in [6.45, 7) is 5.23. The molecule has 1 fully saturated rings. The lowest BCUT2D eigenvalue weighted by atomic mass is 10.1. The van der Waals surface area contributed by atoms with Crippen molar-refractivity contribution in [3.63, 3.8) is 0 Å². The van der Waals surface area contributed by atoms with Gasteiger partial charge in [-0.2, -0.15) is 0 Å². The molecule has 1 aliphatic carbocycles. The van der Waals surface area contributed by atoms with E-state index in [0.717, 1.165) is 29.2 Å². The number of carbonyl (C=O) groups is 1. The number of benzene rings is 1. The van der Waals surface area contributed by atoms with Crippen molar-refractivity contribution in [3.8, 4) is 11.5 Å². The lowest BCUT2D eigenvalue weighted by molar-refractivity contribution is -0.120. The topological polar surface area (TPSA) is 51.7 Å². The molecule has 1 saturated carbocycles.